The fourth-order valence-corrected chi connectivity index (χ4v) is 10.9. The smallest absolute Gasteiger partial charge is 0.268 e. The van der Waals surface area contributed by atoms with Gasteiger partial charge >= 0.3 is 0 Å². The number of rotatable bonds is 4. The van der Waals surface area contributed by atoms with E-state index in [2.05, 4.69) is 63.0 Å². The fourth-order valence-electron chi connectivity index (χ4n) is 5.66. The fraction of sp³-hybridized carbons (Fsp3) is 0.625. The van der Waals surface area contributed by atoms with Crippen LogP contribution in [0.3, 0.4) is 0 Å². The van der Waals surface area contributed by atoms with E-state index >= 15 is 0 Å². The lowest BCUT2D eigenvalue weighted by Gasteiger charge is -2.38. The van der Waals surface area contributed by atoms with Crippen molar-refractivity contribution in [2.45, 2.75) is 96.0 Å². The first kappa shape index (κ1) is 23.5. The van der Waals surface area contributed by atoms with Gasteiger partial charge in [-0.1, -0.05) is 47.5 Å². The van der Waals surface area contributed by atoms with E-state index in [-0.39, 0.29) is 17.5 Å². The molecule has 0 unspecified atom stereocenters. The number of hydrogen-bond donors (Lipinski definition) is 2. The highest BCUT2D eigenvalue weighted by atomic mass is 28.3. The average Bonchev–Trinajstić information content (AvgIpc) is 3.00. The van der Waals surface area contributed by atoms with Crippen molar-refractivity contribution in [1.82, 2.24) is 14.5 Å². The number of pyridine rings is 1. The lowest BCUT2D eigenvalue weighted by atomic mass is 9.99. The van der Waals surface area contributed by atoms with Gasteiger partial charge in [-0.2, -0.15) is 4.98 Å². The quantitative estimate of drug-likeness (QED) is 0.542. The number of aromatic nitrogens is 3. The van der Waals surface area contributed by atoms with Gasteiger partial charge in [0.1, 0.15) is 13.7 Å². The van der Waals surface area contributed by atoms with Gasteiger partial charge in [-0.3, -0.25) is 9.36 Å². The van der Waals surface area contributed by atoms with Gasteiger partial charge in [-0.25, -0.2) is 4.98 Å². The average molecular weight is 441 g/mol. The van der Waals surface area contributed by atoms with Crippen LogP contribution in [-0.2, 0) is 0 Å². The second kappa shape index (κ2) is 8.40. The van der Waals surface area contributed by atoms with Crippen LogP contribution < -0.4 is 11.3 Å². The SMILES string of the molecule is CC(C)[Si](C#Cc1cc2cnc(N)nc2n([C@@H]2CCC[C@@]2(C)O)c1=O)(C(C)C)C(C)C. The predicted molar refractivity (Wildman–Crippen MR) is 130 cm³/mol. The van der Waals surface area contributed by atoms with E-state index in [9.17, 15) is 9.90 Å². The highest BCUT2D eigenvalue weighted by Crippen LogP contribution is 2.41. The molecule has 3 N–H and O–H groups in total. The van der Waals surface area contributed by atoms with Gasteiger partial charge in [0.05, 0.1) is 17.2 Å². The van der Waals surface area contributed by atoms with Crippen molar-refractivity contribution in [2.24, 2.45) is 0 Å². The third kappa shape index (κ3) is 4.03. The number of anilines is 1. The lowest BCUT2D eigenvalue weighted by Crippen LogP contribution is -2.43. The van der Waals surface area contributed by atoms with Gasteiger partial charge in [-0.15, -0.1) is 5.54 Å². The zero-order valence-corrected chi connectivity index (χ0v) is 20.9. The molecular formula is C24H36N4O2Si. The van der Waals surface area contributed by atoms with Crippen molar-refractivity contribution in [3.63, 3.8) is 0 Å². The maximum Gasteiger partial charge on any atom is 0.268 e. The number of nitrogens with zero attached hydrogens (tertiary/aromatic N) is 3. The molecule has 7 heteroatoms. The Morgan fingerprint density at radius 1 is 1.23 bits per heavy atom. The van der Waals surface area contributed by atoms with Crippen molar-refractivity contribution in [3.8, 4) is 11.5 Å². The van der Waals surface area contributed by atoms with Crippen LogP contribution in [0.4, 0.5) is 5.95 Å². The van der Waals surface area contributed by atoms with Gasteiger partial charge in [0.15, 0.2) is 0 Å². The van der Waals surface area contributed by atoms with Gasteiger partial charge in [0.2, 0.25) is 5.95 Å². The van der Waals surface area contributed by atoms with Crippen molar-refractivity contribution in [1.29, 1.82) is 0 Å². The molecule has 2 atom stereocenters. The number of nitrogens with two attached hydrogens (primary N) is 1. The van der Waals surface area contributed by atoms with Crippen LogP contribution in [-0.4, -0.2) is 33.3 Å². The van der Waals surface area contributed by atoms with Gasteiger partial charge < -0.3 is 10.8 Å². The molecule has 0 bridgehead atoms. The molecule has 2 aromatic rings. The van der Waals surface area contributed by atoms with Crippen LogP contribution in [0, 0.1) is 11.5 Å². The highest BCUT2D eigenvalue weighted by molar-refractivity contribution is 6.90. The summed E-state index contributed by atoms with van der Waals surface area (Å²) < 4.78 is 1.62. The largest absolute Gasteiger partial charge is 0.388 e. The van der Waals surface area contributed by atoms with Crippen LogP contribution in [0.2, 0.25) is 16.6 Å². The molecule has 3 rings (SSSR count). The van der Waals surface area contributed by atoms with E-state index in [4.69, 9.17) is 5.73 Å². The van der Waals surface area contributed by atoms with Crippen molar-refractivity contribution < 1.29 is 5.11 Å². The molecule has 0 radical (unpaired) electrons. The van der Waals surface area contributed by atoms with E-state index in [0.29, 0.717) is 46.1 Å². The Bertz CT molecular complexity index is 1070. The highest BCUT2D eigenvalue weighted by Gasteiger charge is 2.42. The third-order valence-electron chi connectivity index (χ3n) is 7.26. The minimum atomic E-state index is -2.00. The van der Waals surface area contributed by atoms with E-state index in [1.807, 2.05) is 0 Å². The second-order valence-electron chi connectivity index (χ2n) is 10.2. The molecule has 6 nitrogen and oxygen atoms in total. The molecule has 0 aliphatic heterocycles. The van der Waals surface area contributed by atoms with Crippen LogP contribution >= 0.6 is 0 Å². The molecule has 168 valence electrons. The Labute approximate surface area is 186 Å². The topological polar surface area (TPSA) is 94.0 Å². The summed E-state index contributed by atoms with van der Waals surface area (Å²) in [6, 6.07) is 1.42. The molecule has 31 heavy (non-hydrogen) atoms. The van der Waals surface area contributed by atoms with E-state index in [1.165, 1.54) is 0 Å². The minimum absolute atomic E-state index is 0.114. The van der Waals surface area contributed by atoms with Crippen LogP contribution in [0.1, 0.15) is 79.3 Å². The molecular weight excluding hydrogens is 404 g/mol. The molecule has 2 heterocycles. The first-order chi connectivity index (χ1) is 14.4. The van der Waals surface area contributed by atoms with Crippen molar-refractivity contribution in [3.05, 3.63) is 28.2 Å². The minimum Gasteiger partial charge on any atom is -0.388 e. The maximum absolute atomic E-state index is 13.7. The van der Waals surface area contributed by atoms with Crippen LogP contribution in [0.25, 0.3) is 11.0 Å². The molecule has 1 aliphatic carbocycles. The third-order valence-corrected chi connectivity index (χ3v) is 13.6. The Morgan fingerprint density at radius 2 is 1.84 bits per heavy atom. The normalized spacial score (nSPS) is 21.8. The van der Waals surface area contributed by atoms with Gasteiger partial charge in [0, 0.05) is 11.6 Å². The van der Waals surface area contributed by atoms with E-state index in [0.717, 1.165) is 6.42 Å². The summed E-state index contributed by atoms with van der Waals surface area (Å²) in [5, 5.41) is 11.7. The Kier molecular flexibility index (Phi) is 6.36. The second-order valence-corrected chi connectivity index (χ2v) is 15.7. The van der Waals surface area contributed by atoms with Gasteiger partial charge in [0.25, 0.3) is 5.56 Å². The summed E-state index contributed by atoms with van der Waals surface area (Å²) >= 11 is 0. The molecule has 1 saturated carbocycles. The van der Waals surface area contributed by atoms with Crippen LogP contribution in [0.15, 0.2) is 17.1 Å². The molecule has 0 saturated heterocycles. The zero-order valence-electron chi connectivity index (χ0n) is 19.9. The maximum atomic E-state index is 13.7. The van der Waals surface area contributed by atoms with Gasteiger partial charge in [-0.05, 0) is 48.9 Å². The number of fused-ring (bicyclic) bond motifs is 1. The number of aliphatic hydroxyl groups is 1. The predicted octanol–water partition coefficient (Wildman–Crippen LogP) is 4.42. The Hall–Kier alpha value is -2.17. The van der Waals surface area contributed by atoms with Crippen molar-refractivity contribution >= 4 is 25.1 Å². The van der Waals surface area contributed by atoms with Crippen molar-refractivity contribution in [2.75, 3.05) is 5.73 Å². The standard InChI is InChI=1S/C24H36N4O2Si/c1-15(2)31(16(3)4,17(5)6)12-10-18-13-19-14-26-23(25)27-21(19)28(22(18)29)20-9-8-11-24(20,7)30/h13-17,20,30H,8-9,11H2,1-7H3,(H2,25,26,27)/t20-,24-/m1/s1. The monoisotopic (exact) mass is 440 g/mol. The molecule has 0 spiro atoms. The number of nitrogen functional groups attached to an aromatic ring is 1. The molecule has 1 fully saturated rings. The lowest BCUT2D eigenvalue weighted by molar-refractivity contribution is 0.0266. The first-order valence-corrected chi connectivity index (χ1v) is 13.6. The summed E-state index contributed by atoms with van der Waals surface area (Å²) in [6.45, 7) is 15.3. The first-order valence-electron chi connectivity index (χ1n) is 11.3. The Morgan fingerprint density at radius 3 is 2.35 bits per heavy atom. The summed E-state index contributed by atoms with van der Waals surface area (Å²) in [6.07, 6.45) is 3.85. The summed E-state index contributed by atoms with van der Waals surface area (Å²) in [5.74, 6) is 3.42. The molecule has 0 aromatic carbocycles. The summed E-state index contributed by atoms with van der Waals surface area (Å²) in [4.78, 5) is 22.1. The van der Waals surface area contributed by atoms with Crippen LogP contribution in [0.5, 0.6) is 0 Å². The summed E-state index contributed by atoms with van der Waals surface area (Å²) in [7, 11) is -2.00. The molecule has 2 aromatic heterocycles. The summed E-state index contributed by atoms with van der Waals surface area (Å²) in [5.41, 5.74) is 10.6. The molecule has 0 amide bonds. The van der Waals surface area contributed by atoms with E-state index in [1.54, 1.807) is 23.8 Å². The zero-order chi connectivity index (χ0) is 23.1. The number of hydrogen-bond acceptors (Lipinski definition) is 5. The molecule has 1 aliphatic rings. The van der Waals surface area contributed by atoms with E-state index < -0.39 is 13.7 Å². The Balaban J connectivity index is 2.30.